The van der Waals surface area contributed by atoms with Crippen molar-refractivity contribution in [1.82, 2.24) is 5.32 Å². The largest absolute Gasteiger partial charge is 0.477 e. The highest BCUT2D eigenvalue weighted by molar-refractivity contribution is 6.02. The highest BCUT2D eigenvalue weighted by atomic mass is 16.6. The lowest BCUT2D eigenvalue weighted by Crippen LogP contribution is -2.44. The Morgan fingerprint density at radius 2 is 1.81 bits per heavy atom. The molecule has 32 heavy (non-hydrogen) atoms. The summed E-state index contributed by atoms with van der Waals surface area (Å²) in [5.74, 6) is -2.74. The predicted molar refractivity (Wildman–Crippen MR) is 116 cm³/mol. The molecule has 0 saturated heterocycles. The fourth-order valence-corrected chi connectivity index (χ4v) is 2.78. The zero-order valence-corrected chi connectivity index (χ0v) is 16.9. The number of nitrogens with zero attached hydrogens (tertiary/aromatic N) is 2. The number of amides is 2. The third-order valence-corrected chi connectivity index (χ3v) is 4.29. The van der Waals surface area contributed by atoms with Crippen LogP contribution in [0, 0.1) is 10.1 Å². The van der Waals surface area contributed by atoms with E-state index < -0.39 is 40.0 Å². The number of hydrogen-bond donors (Lipinski definition) is 5. The average molecular weight is 442 g/mol. The minimum Gasteiger partial charge on any atom is -0.477 e. The van der Waals surface area contributed by atoms with E-state index >= 15 is 0 Å². The van der Waals surface area contributed by atoms with Gasteiger partial charge < -0.3 is 27.2 Å². The van der Waals surface area contributed by atoms with Crippen molar-refractivity contribution in [2.45, 2.75) is 18.9 Å². The fraction of sp³-hybridized carbons (Fsp3) is 0.200. The van der Waals surface area contributed by atoms with E-state index in [1.165, 1.54) is 6.07 Å². The van der Waals surface area contributed by atoms with Gasteiger partial charge in [0, 0.05) is 23.9 Å². The van der Waals surface area contributed by atoms with Gasteiger partial charge in [0.25, 0.3) is 11.6 Å². The maximum absolute atomic E-state index is 12.8. The molecule has 2 aromatic rings. The van der Waals surface area contributed by atoms with E-state index in [2.05, 4.69) is 15.6 Å². The van der Waals surface area contributed by atoms with Crippen LogP contribution in [0.5, 0.6) is 0 Å². The minimum absolute atomic E-state index is 0.0289. The van der Waals surface area contributed by atoms with Crippen LogP contribution >= 0.6 is 0 Å². The monoisotopic (exact) mass is 442 g/mol. The maximum atomic E-state index is 12.8. The summed E-state index contributed by atoms with van der Waals surface area (Å²) in [4.78, 5) is 50.6. The Hall–Kier alpha value is -4.48. The Kier molecular flexibility index (Phi) is 8.22. The van der Waals surface area contributed by atoms with E-state index in [-0.39, 0.29) is 24.6 Å². The molecule has 0 spiro atoms. The number of nitrogens with one attached hydrogen (secondary N) is 2. The SMILES string of the molecule is NC(N)=NCCC[C@H](NC(=O)c1ccccc1)C(=O)Nc1ccc([N+](=O)[O-])c(C(=O)O)c1. The average Bonchev–Trinajstić information content (AvgIpc) is 2.75. The molecule has 0 heterocycles. The van der Waals surface area contributed by atoms with Crippen molar-refractivity contribution in [2.75, 3.05) is 11.9 Å². The first-order valence-corrected chi connectivity index (χ1v) is 9.43. The predicted octanol–water partition coefficient (Wildman–Crippen LogP) is 1.08. The Balaban J connectivity index is 2.20. The number of hydrogen-bond acceptors (Lipinski definition) is 6. The molecule has 0 fully saturated rings. The number of anilines is 1. The summed E-state index contributed by atoms with van der Waals surface area (Å²) in [7, 11) is 0. The van der Waals surface area contributed by atoms with Crippen molar-refractivity contribution >= 4 is 35.1 Å². The third kappa shape index (κ3) is 6.79. The lowest BCUT2D eigenvalue weighted by Gasteiger charge is -2.18. The number of carbonyl (C=O) groups is 3. The van der Waals surface area contributed by atoms with Crippen LogP contribution in [0.3, 0.4) is 0 Å². The maximum Gasteiger partial charge on any atom is 0.342 e. The number of nitrogens with two attached hydrogens (primary N) is 2. The first-order chi connectivity index (χ1) is 15.2. The molecule has 2 aromatic carbocycles. The summed E-state index contributed by atoms with van der Waals surface area (Å²) >= 11 is 0. The number of carboxylic acid groups (broad SMARTS) is 1. The molecule has 12 nitrogen and oxygen atoms in total. The number of rotatable bonds is 10. The first-order valence-electron chi connectivity index (χ1n) is 9.43. The van der Waals surface area contributed by atoms with Crippen LogP contribution in [-0.2, 0) is 4.79 Å². The van der Waals surface area contributed by atoms with Crippen molar-refractivity contribution in [3.05, 3.63) is 69.8 Å². The lowest BCUT2D eigenvalue weighted by molar-refractivity contribution is -0.385. The summed E-state index contributed by atoms with van der Waals surface area (Å²) in [6.07, 6.45) is 0.547. The van der Waals surface area contributed by atoms with E-state index in [4.69, 9.17) is 11.5 Å². The van der Waals surface area contributed by atoms with Crippen LogP contribution in [-0.4, -0.2) is 46.4 Å². The van der Waals surface area contributed by atoms with Gasteiger partial charge in [0.2, 0.25) is 5.91 Å². The lowest BCUT2D eigenvalue weighted by atomic mass is 10.1. The quantitative estimate of drug-likeness (QED) is 0.118. The first kappa shape index (κ1) is 23.8. The molecule has 2 amide bonds. The molecule has 0 unspecified atom stereocenters. The number of guanidine groups is 1. The molecule has 0 saturated carbocycles. The number of aromatic carboxylic acids is 1. The van der Waals surface area contributed by atoms with E-state index in [0.29, 0.717) is 12.0 Å². The van der Waals surface area contributed by atoms with Crippen LogP contribution in [0.2, 0.25) is 0 Å². The van der Waals surface area contributed by atoms with Gasteiger partial charge in [0.1, 0.15) is 11.6 Å². The number of nitro benzene ring substituents is 1. The molecule has 1 atom stereocenters. The molecule has 0 radical (unpaired) electrons. The van der Waals surface area contributed by atoms with Crippen molar-refractivity contribution in [1.29, 1.82) is 0 Å². The molecule has 0 aliphatic carbocycles. The molecular weight excluding hydrogens is 420 g/mol. The van der Waals surface area contributed by atoms with Gasteiger partial charge in [-0.2, -0.15) is 0 Å². The van der Waals surface area contributed by atoms with Crippen molar-refractivity contribution in [2.24, 2.45) is 16.5 Å². The number of carbonyl (C=O) groups excluding carboxylic acids is 2. The van der Waals surface area contributed by atoms with Gasteiger partial charge in [0.05, 0.1) is 4.92 Å². The number of nitro groups is 1. The Morgan fingerprint density at radius 3 is 2.41 bits per heavy atom. The molecule has 0 aliphatic rings. The molecule has 12 heteroatoms. The van der Waals surface area contributed by atoms with Gasteiger partial charge in [-0.1, -0.05) is 18.2 Å². The second kappa shape index (κ2) is 11.1. The van der Waals surface area contributed by atoms with E-state index in [1.54, 1.807) is 30.3 Å². The van der Waals surface area contributed by atoms with Gasteiger partial charge in [0.15, 0.2) is 5.96 Å². The molecule has 168 valence electrons. The number of benzene rings is 2. The van der Waals surface area contributed by atoms with Gasteiger partial charge >= 0.3 is 5.97 Å². The summed E-state index contributed by atoms with van der Waals surface area (Å²) in [5.41, 5.74) is 9.75. The zero-order valence-electron chi connectivity index (χ0n) is 16.9. The third-order valence-electron chi connectivity index (χ3n) is 4.29. The van der Waals surface area contributed by atoms with Crippen LogP contribution in [0.4, 0.5) is 11.4 Å². The Morgan fingerprint density at radius 1 is 1.12 bits per heavy atom. The normalized spacial score (nSPS) is 11.1. The van der Waals surface area contributed by atoms with Crippen LogP contribution in [0.1, 0.15) is 33.6 Å². The zero-order chi connectivity index (χ0) is 23.7. The summed E-state index contributed by atoms with van der Waals surface area (Å²) < 4.78 is 0. The van der Waals surface area contributed by atoms with E-state index in [0.717, 1.165) is 12.1 Å². The molecule has 0 aromatic heterocycles. The molecule has 7 N–H and O–H groups in total. The van der Waals surface area contributed by atoms with Crippen molar-refractivity contribution < 1.29 is 24.4 Å². The number of carboxylic acids is 1. The van der Waals surface area contributed by atoms with Gasteiger partial charge in [-0.15, -0.1) is 0 Å². The van der Waals surface area contributed by atoms with E-state index in [1.807, 2.05) is 0 Å². The minimum atomic E-state index is -1.51. The standard InChI is InChI=1S/C20H22N6O6/c21-20(22)23-10-4-7-15(25-17(27)12-5-2-1-3-6-12)18(28)24-13-8-9-16(26(31)32)14(11-13)19(29)30/h1-3,5-6,8-9,11,15H,4,7,10H2,(H,24,28)(H,25,27)(H,29,30)(H4,21,22,23)/t15-/m0/s1. The second-order valence-electron chi connectivity index (χ2n) is 6.62. The summed E-state index contributed by atoms with van der Waals surface area (Å²) in [6, 6.07) is 10.4. The number of aliphatic imine (C=N–C) groups is 1. The fourth-order valence-electron chi connectivity index (χ4n) is 2.78. The smallest absolute Gasteiger partial charge is 0.342 e. The van der Waals surface area contributed by atoms with Crippen molar-refractivity contribution in [3.8, 4) is 0 Å². The molecule has 2 rings (SSSR count). The summed E-state index contributed by atoms with van der Waals surface area (Å²) in [5, 5.41) is 25.3. The Labute approximate surface area is 182 Å². The molecule has 0 aliphatic heterocycles. The highest BCUT2D eigenvalue weighted by Gasteiger charge is 2.24. The van der Waals surface area contributed by atoms with Crippen LogP contribution in [0.25, 0.3) is 0 Å². The van der Waals surface area contributed by atoms with Gasteiger partial charge in [-0.3, -0.25) is 24.7 Å². The van der Waals surface area contributed by atoms with Crippen LogP contribution in [0.15, 0.2) is 53.5 Å². The molecule has 0 bridgehead atoms. The van der Waals surface area contributed by atoms with Gasteiger partial charge in [-0.25, -0.2) is 4.79 Å². The topological polar surface area (TPSA) is 203 Å². The van der Waals surface area contributed by atoms with Gasteiger partial charge in [-0.05, 0) is 37.1 Å². The van der Waals surface area contributed by atoms with Crippen LogP contribution < -0.4 is 22.1 Å². The second-order valence-corrected chi connectivity index (χ2v) is 6.62. The van der Waals surface area contributed by atoms with E-state index in [9.17, 15) is 29.6 Å². The molecular formula is C20H22N6O6. The van der Waals surface area contributed by atoms with Crippen molar-refractivity contribution in [3.63, 3.8) is 0 Å². The highest BCUT2D eigenvalue weighted by Crippen LogP contribution is 2.23. The summed E-state index contributed by atoms with van der Waals surface area (Å²) in [6.45, 7) is 0.230. The Bertz CT molecular complexity index is 1040.